The molecule has 1 heterocycles. The van der Waals surface area contributed by atoms with E-state index in [-0.39, 0.29) is 0 Å². The summed E-state index contributed by atoms with van der Waals surface area (Å²) in [7, 11) is 2.87. The lowest BCUT2D eigenvalue weighted by molar-refractivity contribution is -0.384. The SMILES string of the molecule is COc1ccc(C2(C)NC(=O)N(CC(=O)Nc3cc([N+](=O)[O-])ccc3F)C2=O)cc1OC. The molecule has 2 N–H and O–H groups in total. The van der Waals surface area contributed by atoms with Crippen molar-refractivity contribution in [2.45, 2.75) is 12.5 Å². The number of carbonyl (C=O) groups is 3. The lowest BCUT2D eigenvalue weighted by atomic mass is 9.91. The number of anilines is 1. The lowest BCUT2D eigenvalue weighted by Crippen LogP contribution is -2.42. The summed E-state index contributed by atoms with van der Waals surface area (Å²) in [6.07, 6.45) is 0. The zero-order valence-corrected chi connectivity index (χ0v) is 17.3. The monoisotopic (exact) mass is 446 g/mol. The highest BCUT2D eigenvalue weighted by atomic mass is 19.1. The van der Waals surface area contributed by atoms with E-state index in [1.165, 1.54) is 27.2 Å². The molecule has 3 rings (SSSR count). The highest BCUT2D eigenvalue weighted by Crippen LogP contribution is 2.35. The van der Waals surface area contributed by atoms with Crippen molar-refractivity contribution in [1.29, 1.82) is 0 Å². The Hall–Kier alpha value is -4.22. The molecular formula is C20H19FN4O7. The second-order valence-corrected chi connectivity index (χ2v) is 6.99. The molecule has 0 spiro atoms. The van der Waals surface area contributed by atoms with Crippen LogP contribution in [0, 0.1) is 15.9 Å². The van der Waals surface area contributed by atoms with Gasteiger partial charge in [-0.3, -0.25) is 24.6 Å². The normalized spacial score (nSPS) is 17.7. The van der Waals surface area contributed by atoms with Crippen molar-refractivity contribution in [1.82, 2.24) is 10.2 Å². The minimum atomic E-state index is -1.49. The zero-order valence-electron chi connectivity index (χ0n) is 17.3. The number of nitro groups is 1. The van der Waals surface area contributed by atoms with Crippen molar-refractivity contribution in [3.63, 3.8) is 0 Å². The van der Waals surface area contributed by atoms with Crippen LogP contribution in [-0.4, -0.2) is 48.4 Å². The molecule has 0 radical (unpaired) electrons. The Morgan fingerprint density at radius 3 is 2.50 bits per heavy atom. The number of non-ortho nitro benzene ring substituents is 1. The van der Waals surface area contributed by atoms with Crippen molar-refractivity contribution >= 4 is 29.2 Å². The van der Waals surface area contributed by atoms with Gasteiger partial charge in [0.15, 0.2) is 11.5 Å². The van der Waals surface area contributed by atoms with Gasteiger partial charge >= 0.3 is 6.03 Å². The average molecular weight is 446 g/mol. The Bertz CT molecular complexity index is 1120. The Morgan fingerprint density at radius 1 is 1.19 bits per heavy atom. The Labute approximate surface area is 181 Å². The number of nitro benzene ring substituents is 1. The van der Waals surface area contributed by atoms with Crippen LogP contribution in [0.25, 0.3) is 0 Å². The number of carbonyl (C=O) groups excluding carboxylic acids is 3. The van der Waals surface area contributed by atoms with E-state index in [2.05, 4.69) is 10.6 Å². The summed E-state index contributed by atoms with van der Waals surface area (Å²) in [6, 6.07) is 6.45. The number of urea groups is 1. The molecule has 1 unspecified atom stereocenters. The summed E-state index contributed by atoms with van der Waals surface area (Å²) in [4.78, 5) is 48.6. The summed E-state index contributed by atoms with van der Waals surface area (Å²) < 4.78 is 24.3. The standard InChI is InChI=1S/C20H19FN4O7/c1-20(11-4-7-15(31-2)16(8-11)32-3)18(27)24(19(28)23-20)10-17(26)22-14-9-12(25(29)30)5-6-13(14)21/h4-9H,10H2,1-3H3,(H,22,26)(H,23,28). The van der Waals surface area contributed by atoms with Gasteiger partial charge < -0.3 is 20.1 Å². The molecule has 1 aliphatic heterocycles. The van der Waals surface area contributed by atoms with Crippen molar-refractivity contribution < 1.29 is 33.2 Å². The third-order valence-corrected chi connectivity index (χ3v) is 4.97. The largest absolute Gasteiger partial charge is 0.493 e. The van der Waals surface area contributed by atoms with Gasteiger partial charge in [-0.2, -0.15) is 0 Å². The molecule has 168 valence electrons. The summed E-state index contributed by atoms with van der Waals surface area (Å²) >= 11 is 0. The van der Waals surface area contributed by atoms with Crippen LogP contribution in [0.1, 0.15) is 12.5 Å². The molecule has 1 fully saturated rings. The Balaban J connectivity index is 1.80. The number of hydrogen-bond donors (Lipinski definition) is 2. The van der Waals surface area contributed by atoms with Gasteiger partial charge in [0.25, 0.3) is 11.6 Å². The quantitative estimate of drug-likeness (QED) is 0.377. The molecule has 0 aliphatic carbocycles. The van der Waals surface area contributed by atoms with E-state index in [1.54, 1.807) is 12.1 Å². The Morgan fingerprint density at radius 2 is 1.88 bits per heavy atom. The van der Waals surface area contributed by atoms with Gasteiger partial charge in [0, 0.05) is 12.1 Å². The topological polar surface area (TPSA) is 140 Å². The number of amides is 4. The first-order chi connectivity index (χ1) is 15.1. The van der Waals surface area contributed by atoms with E-state index >= 15 is 0 Å². The van der Waals surface area contributed by atoms with Crippen LogP contribution in [0.2, 0.25) is 0 Å². The minimum Gasteiger partial charge on any atom is -0.493 e. The number of methoxy groups -OCH3 is 2. The second kappa shape index (κ2) is 8.49. The van der Waals surface area contributed by atoms with Crippen molar-refractivity contribution in [3.8, 4) is 11.5 Å². The van der Waals surface area contributed by atoms with Gasteiger partial charge in [0.05, 0.1) is 24.8 Å². The summed E-state index contributed by atoms with van der Waals surface area (Å²) in [5.41, 5.74) is -1.98. The smallest absolute Gasteiger partial charge is 0.325 e. The number of hydrogen-bond acceptors (Lipinski definition) is 7. The number of nitrogens with one attached hydrogen (secondary N) is 2. The molecule has 12 heteroatoms. The number of benzene rings is 2. The summed E-state index contributed by atoms with van der Waals surface area (Å²) in [5, 5.41) is 15.5. The molecule has 1 aliphatic rings. The van der Waals surface area contributed by atoms with Gasteiger partial charge in [0.2, 0.25) is 5.91 Å². The van der Waals surface area contributed by atoms with Crippen LogP contribution < -0.4 is 20.1 Å². The molecule has 2 aromatic carbocycles. The van der Waals surface area contributed by atoms with E-state index < -0.39 is 52.0 Å². The van der Waals surface area contributed by atoms with Crippen molar-refractivity contribution in [2.24, 2.45) is 0 Å². The number of rotatable bonds is 7. The molecule has 11 nitrogen and oxygen atoms in total. The number of imide groups is 1. The van der Waals surface area contributed by atoms with Gasteiger partial charge in [0.1, 0.15) is 17.9 Å². The van der Waals surface area contributed by atoms with Gasteiger partial charge in [-0.05, 0) is 30.7 Å². The second-order valence-electron chi connectivity index (χ2n) is 6.99. The average Bonchev–Trinajstić information content (AvgIpc) is 2.98. The summed E-state index contributed by atoms with van der Waals surface area (Å²) in [6.45, 7) is 0.738. The number of ether oxygens (including phenoxy) is 2. The number of nitrogens with zero attached hydrogens (tertiary/aromatic N) is 2. The first kappa shape index (κ1) is 22.5. The lowest BCUT2D eigenvalue weighted by Gasteiger charge is -2.23. The molecule has 32 heavy (non-hydrogen) atoms. The fraction of sp³-hybridized carbons (Fsp3) is 0.250. The maximum Gasteiger partial charge on any atom is 0.325 e. The van der Waals surface area contributed by atoms with E-state index in [9.17, 15) is 28.9 Å². The van der Waals surface area contributed by atoms with Crippen LogP contribution in [0.4, 0.5) is 20.6 Å². The molecule has 0 bridgehead atoms. The fourth-order valence-corrected chi connectivity index (χ4v) is 3.24. The van der Waals surface area contributed by atoms with Crippen LogP contribution >= 0.6 is 0 Å². The maximum atomic E-state index is 13.9. The molecule has 0 saturated carbocycles. The van der Waals surface area contributed by atoms with Crippen LogP contribution in [-0.2, 0) is 15.1 Å². The van der Waals surface area contributed by atoms with Gasteiger partial charge in [-0.15, -0.1) is 0 Å². The van der Waals surface area contributed by atoms with Crippen LogP contribution in [0.3, 0.4) is 0 Å². The highest BCUT2D eigenvalue weighted by molar-refractivity contribution is 6.10. The van der Waals surface area contributed by atoms with E-state index in [0.717, 1.165) is 18.2 Å². The van der Waals surface area contributed by atoms with Crippen molar-refractivity contribution in [2.75, 3.05) is 26.1 Å². The molecule has 1 saturated heterocycles. The third kappa shape index (κ3) is 4.02. The number of halogens is 1. The third-order valence-electron chi connectivity index (χ3n) is 4.97. The molecule has 1 atom stereocenters. The molecule has 2 aromatic rings. The Kier molecular flexibility index (Phi) is 5.96. The summed E-state index contributed by atoms with van der Waals surface area (Å²) in [5.74, 6) is -1.78. The van der Waals surface area contributed by atoms with E-state index in [1.807, 2.05) is 0 Å². The first-order valence-electron chi connectivity index (χ1n) is 9.21. The predicted octanol–water partition coefficient (Wildman–Crippen LogP) is 2.16. The molecule has 0 aromatic heterocycles. The fourth-order valence-electron chi connectivity index (χ4n) is 3.24. The van der Waals surface area contributed by atoms with Crippen molar-refractivity contribution in [3.05, 3.63) is 57.9 Å². The highest BCUT2D eigenvalue weighted by Gasteiger charge is 2.49. The van der Waals surface area contributed by atoms with Crippen LogP contribution in [0.5, 0.6) is 11.5 Å². The minimum absolute atomic E-state index is 0.339. The maximum absolute atomic E-state index is 13.9. The van der Waals surface area contributed by atoms with Gasteiger partial charge in [-0.1, -0.05) is 6.07 Å². The first-order valence-corrected chi connectivity index (χ1v) is 9.21. The van der Waals surface area contributed by atoms with Crippen LogP contribution in [0.15, 0.2) is 36.4 Å². The zero-order chi connectivity index (χ0) is 23.6. The van der Waals surface area contributed by atoms with E-state index in [4.69, 9.17) is 9.47 Å². The predicted molar refractivity (Wildman–Crippen MR) is 109 cm³/mol. The molecular weight excluding hydrogens is 427 g/mol. The van der Waals surface area contributed by atoms with E-state index in [0.29, 0.717) is 22.0 Å². The van der Waals surface area contributed by atoms with Gasteiger partial charge in [-0.25, -0.2) is 9.18 Å². The molecule has 4 amide bonds.